The van der Waals surface area contributed by atoms with E-state index in [1.165, 1.54) is 6.07 Å². The number of hydrogen-bond acceptors (Lipinski definition) is 4. The molecular formula is C15H17N3O2. The van der Waals surface area contributed by atoms with Gasteiger partial charge in [-0.15, -0.1) is 0 Å². The molecule has 2 aromatic carbocycles. The summed E-state index contributed by atoms with van der Waals surface area (Å²) < 4.78 is 0. The van der Waals surface area contributed by atoms with Crippen LogP contribution in [0.4, 0.5) is 11.4 Å². The average Bonchev–Trinajstić information content (AvgIpc) is 2.48. The summed E-state index contributed by atoms with van der Waals surface area (Å²) in [5, 5.41) is 10.9. The topological polar surface area (TPSA) is 72.4 Å². The van der Waals surface area contributed by atoms with Crippen molar-refractivity contribution < 1.29 is 4.92 Å². The second kappa shape index (κ2) is 6.68. The van der Waals surface area contributed by atoms with Gasteiger partial charge in [0.05, 0.1) is 4.92 Å². The molecule has 5 nitrogen and oxygen atoms in total. The van der Waals surface area contributed by atoms with Gasteiger partial charge in [-0.25, -0.2) is 0 Å². The van der Waals surface area contributed by atoms with E-state index in [4.69, 9.17) is 5.73 Å². The summed E-state index contributed by atoms with van der Waals surface area (Å²) in [5.74, 6) is 0. The lowest BCUT2D eigenvalue weighted by Crippen LogP contribution is -2.28. The number of nitrogens with zero attached hydrogens (tertiary/aromatic N) is 2. The Kier molecular flexibility index (Phi) is 4.68. The third kappa shape index (κ3) is 3.55. The molecule has 20 heavy (non-hydrogen) atoms. The molecular weight excluding hydrogens is 254 g/mol. The third-order valence-corrected chi connectivity index (χ3v) is 3.02. The lowest BCUT2D eigenvalue weighted by molar-refractivity contribution is -0.384. The first-order valence-corrected chi connectivity index (χ1v) is 6.44. The van der Waals surface area contributed by atoms with Crippen molar-refractivity contribution in [2.24, 2.45) is 5.73 Å². The van der Waals surface area contributed by atoms with Crippen LogP contribution in [0.1, 0.15) is 5.56 Å². The Labute approximate surface area is 117 Å². The number of rotatable bonds is 6. The molecule has 104 valence electrons. The quantitative estimate of drug-likeness (QED) is 0.647. The van der Waals surface area contributed by atoms with E-state index in [9.17, 15) is 10.1 Å². The maximum Gasteiger partial charge on any atom is 0.271 e. The van der Waals surface area contributed by atoms with Crippen LogP contribution in [-0.2, 0) is 6.54 Å². The van der Waals surface area contributed by atoms with Crippen molar-refractivity contribution in [2.75, 3.05) is 18.0 Å². The maximum absolute atomic E-state index is 10.9. The van der Waals surface area contributed by atoms with Gasteiger partial charge in [0.25, 0.3) is 5.69 Å². The van der Waals surface area contributed by atoms with Crippen LogP contribution < -0.4 is 10.6 Å². The summed E-state index contributed by atoms with van der Waals surface area (Å²) in [7, 11) is 0. The van der Waals surface area contributed by atoms with Crippen LogP contribution in [-0.4, -0.2) is 18.0 Å². The van der Waals surface area contributed by atoms with E-state index in [1.807, 2.05) is 41.3 Å². The van der Waals surface area contributed by atoms with E-state index in [-0.39, 0.29) is 10.6 Å². The molecule has 0 heterocycles. The standard InChI is InChI=1S/C15H17N3O2/c16-9-10-17(12-13-5-2-1-3-6-13)14-7-4-8-15(11-14)18(19)20/h1-8,11H,9-10,12,16H2. The third-order valence-electron chi connectivity index (χ3n) is 3.02. The van der Waals surface area contributed by atoms with Gasteiger partial charge in [0.1, 0.15) is 0 Å². The molecule has 0 aliphatic heterocycles. The van der Waals surface area contributed by atoms with Gasteiger partial charge in [0.2, 0.25) is 0 Å². The highest BCUT2D eigenvalue weighted by Gasteiger charge is 2.11. The Hall–Kier alpha value is -2.40. The summed E-state index contributed by atoms with van der Waals surface area (Å²) in [5.41, 5.74) is 7.70. The van der Waals surface area contributed by atoms with Crippen molar-refractivity contribution in [3.8, 4) is 0 Å². The lowest BCUT2D eigenvalue weighted by Gasteiger charge is -2.24. The number of benzene rings is 2. The highest BCUT2D eigenvalue weighted by atomic mass is 16.6. The Bertz CT molecular complexity index is 572. The molecule has 0 unspecified atom stereocenters. The largest absolute Gasteiger partial charge is 0.366 e. The molecule has 0 saturated heterocycles. The van der Waals surface area contributed by atoms with Crippen LogP contribution in [0.15, 0.2) is 54.6 Å². The second-order valence-electron chi connectivity index (χ2n) is 4.47. The predicted molar refractivity (Wildman–Crippen MR) is 79.6 cm³/mol. The first-order chi connectivity index (χ1) is 9.70. The lowest BCUT2D eigenvalue weighted by atomic mass is 10.2. The molecule has 0 aliphatic carbocycles. The summed E-state index contributed by atoms with van der Waals surface area (Å²) in [4.78, 5) is 12.5. The summed E-state index contributed by atoms with van der Waals surface area (Å²) in [6.45, 7) is 1.82. The Morgan fingerprint density at radius 1 is 1.10 bits per heavy atom. The maximum atomic E-state index is 10.9. The fourth-order valence-electron chi connectivity index (χ4n) is 2.06. The summed E-state index contributed by atoms with van der Waals surface area (Å²) >= 11 is 0. The molecule has 0 bridgehead atoms. The Balaban J connectivity index is 2.24. The van der Waals surface area contributed by atoms with Crippen LogP contribution in [0, 0.1) is 10.1 Å². The van der Waals surface area contributed by atoms with Crippen LogP contribution in [0.25, 0.3) is 0 Å². The van der Waals surface area contributed by atoms with Crippen molar-refractivity contribution in [3.05, 3.63) is 70.3 Å². The minimum Gasteiger partial charge on any atom is -0.366 e. The molecule has 0 aromatic heterocycles. The monoisotopic (exact) mass is 271 g/mol. The normalized spacial score (nSPS) is 10.2. The molecule has 0 fully saturated rings. The Morgan fingerprint density at radius 2 is 1.85 bits per heavy atom. The van der Waals surface area contributed by atoms with Crippen LogP contribution in [0.2, 0.25) is 0 Å². The molecule has 2 N–H and O–H groups in total. The zero-order chi connectivity index (χ0) is 14.4. The van der Waals surface area contributed by atoms with E-state index in [2.05, 4.69) is 0 Å². The van der Waals surface area contributed by atoms with Gasteiger partial charge in [-0.3, -0.25) is 10.1 Å². The number of anilines is 1. The van der Waals surface area contributed by atoms with Crippen molar-refractivity contribution in [1.82, 2.24) is 0 Å². The molecule has 0 radical (unpaired) electrons. The number of nitro benzene ring substituents is 1. The fourth-order valence-corrected chi connectivity index (χ4v) is 2.06. The molecule has 2 rings (SSSR count). The zero-order valence-electron chi connectivity index (χ0n) is 11.1. The van der Waals surface area contributed by atoms with Gasteiger partial charge >= 0.3 is 0 Å². The van der Waals surface area contributed by atoms with Crippen molar-refractivity contribution in [3.63, 3.8) is 0 Å². The number of nitrogens with two attached hydrogens (primary N) is 1. The smallest absolute Gasteiger partial charge is 0.271 e. The van der Waals surface area contributed by atoms with Crippen LogP contribution in [0.3, 0.4) is 0 Å². The molecule has 0 amide bonds. The first-order valence-electron chi connectivity index (χ1n) is 6.44. The van der Waals surface area contributed by atoms with E-state index in [0.717, 1.165) is 11.3 Å². The van der Waals surface area contributed by atoms with E-state index in [1.54, 1.807) is 12.1 Å². The molecule has 2 aromatic rings. The highest BCUT2D eigenvalue weighted by molar-refractivity contribution is 5.53. The van der Waals surface area contributed by atoms with E-state index in [0.29, 0.717) is 19.6 Å². The Morgan fingerprint density at radius 3 is 2.50 bits per heavy atom. The molecule has 0 aliphatic rings. The molecule has 0 atom stereocenters. The van der Waals surface area contributed by atoms with Gasteiger partial charge in [-0.2, -0.15) is 0 Å². The van der Waals surface area contributed by atoms with Gasteiger partial charge in [-0.1, -0.05) is 36.4 Å². The van der Waals surface area contributed by atoms with Gasteiger partial charge in [0, 0.05) is 37.5 Å². The number of hydrogen-bond donors (Lipinski definition) is 1. The molecule has 0 saturated carbocycles. The van der Waals surface area contributed by atoms with Crippen LogP contribution in [0.5, 0.6) is 0 Å². The highest BCUT2D eigenvalue weighted by Crippen LogP contribution is 2.22. The van der Waals surface area contributed by atoms with Gasteiger partial charge < -0.3 is 10.6 Å². The minimum absolute atomic E-state index is 0.0950. The average molecular weight is 271 g/mol. The van der Waals surface area contributed by atoms with Gasteiger partial charge in [0.15, 0.2) is 0 Å². The fraction of sp³-hybridized carbons (Fsp3) is 0.200. The second-order valence-corrected chi connectivity index (χ2v) is 4.47. The van der Waals surface area contributed by atoms with Crippen molar-refractivity contribution in [2.45, 2.75) is 6.54 Å². The van der Waals surface area contributed by atoms with Gasteiger partial charge in [-0.05, 0) is 11.6 Å². The van der Waals surface area contributed by atoms with E-state index < -0.39 is 0 Å². The molecule has 5 heteroatoms. The van der Waals surface area contributed by atoms with Crippen LogP contribution >= 0.6 is 0 Å². The van der Waals surface area contributed by atoms with E-state index >= 15 is 0 Å². The number of non-ortho nitro benzene ring substituents is 1. The summed E-state index contributed by atoms with van der Waals surface area (Å²) in [6, 6.07) is 16.6. The summed E-state index contributed by atoms with van der Waals surface area (Å²) in [6.07, 6.45) is 0. The number of nitro groups is 1. The zero-order valence-corrected chi connectivity index (χ0v) is 11.1. The molecule has 0 spiro atoms. The van der Waals surface area contributed by atoms with Crippen molar-refractivity contribution in [1.29, 1.82) is 0 Å². The first kappa shape index (κ1) is 14.0. The van der Waals surface area contributed by atoms with Crippen molar-refractivity contribution >= 4 is 11.4 Å². The minimum atomic E-state index is -0.382. The predicted octanol–water partition coefficient (Wildman–Crippen LogP) is 2.56. The SMILES string of the molecule is NCCN(Cc1ccccc1)c1cccc([N+](=O)[O-])c1.